The van der Waals surface area contributed by atoms with E-state index in [1.807, 2.05) is 0 Å². The highest BCUT2D eigenvalue weighted by molar-refractivity contribution is 5.99. The van der Waals surface area contributed by atoms with Crippen LogP contribution in [0.5, 0.6) is 0 Å². The van der Waals surface area contributed by atoms with Gasteiger partial charge in [-0.25, -0.2) is 0 Å². The summed E-state index contributed by atoms with van der Waals surface area (Å²) in [7, 11) is 0. The normalized spacial score (nSPS) is 44.2. The maximum absolute atomic E-state index is 13.2. The summed E-state index contributed by atoms with van der Waals surface area (Å²) < 4.78 is 6.25. The van der Waals surface area contributed by atoms with E-state index in [1.54, 1.807) is 5.57 Å². The molecular formula is C21H24N2O3. The number of anilines is 1. The van der Waals surface area contributed by atoms with Crippen molar-refractivity contribution in [1.82, 2.24) is 4.90 Å². The highest BCUT2D eigenvalue weighted by Gasteiger charge is 2.70. The van der Waals surface area contributed by atoms with Gasteiger partial charge in [0.1, 0.15) is 0 Å². The molecule has 1 amide bonds. The predicted molar refractivity (Wildman–Crippen MR) is 97.0 cm³/mol. The average Bonchev–Trinajstić information content (AvgIpc) is 3.10. The van der Waals surface area contributed by atoms with Gasteiger partial charge >= 0.3 is 0 Å². The summed E-state index contributed by atoms with van der Waals surface area (Å²) in [6, 6.07) is 9.64. The Kier molecular flexibility index (Phi) is 2.82. The average molecular weight is 352 g/mol. The molecule has 1 aromatic carbocycles. The minimum absolute atomic E-state index is 0. The molecule has 7 rings (SSSR count). The Hall–Kier alpha value is -1.69. The summed E-state index contributed by atoms with van der Waals surface area (Å²) in [5.74, 6) is 1.35. The summed E-state index contributed by atoms with van der Waals surface area (Å²) in [5.41, 5.74) is 4.35. The molecule has 2 bridgehead atoms. The monoisotopic (exact) mass is 352 g/mol. The molecule has 1 spiro atoms. The molecule has 6 aliphatic rings. The lowest BCUT2D eigenvalue weighted by Gasteiger charge is -2.58. The van der Waals surface area contributed by atoms with Gasteiger partial charge in [-0.1, -0.05) is 29.8 Å². The smallest absolute Gasteiger partial charge is 0.229 e. The molecule has 0 unspecified atom stereocenters. The SMILES string of the molecule is O.O=C1C[C@@H]2OCC=C3CN4CC[C@]56c7ccccc7N1[C@H]5[C@H]2[C@H]3C[C@H]46. The maximum Gasteiger partial charge on any atom is 0.229 e. The second-order valence-corrected chi connectivity index (χ2v) is 8.78. The molecule has 5 heterocycles. The summed E-state index contributed by atoms with van der Waals surface area (Å²) in [6.07, 6.45) is 5.43. The lowest BCUT2D eigenvalue weighted by Crippen LogP contribution is -2.69. The number of amides is 1. The first-order chi connectivity index (χ1) is 12.3. The second-order valence-electron chi connectivity index (χ2n) is 8.78. The van der Waals surface area contributed by atoms with Gasteiger partial charge in [-0.15, -0.1) is 0 Å². The van der Waals surface area contributed by atoms with Gasteiger partial charge < -0.3 is 15.1 Å². The van der Waals surface area contributed by atoms with Crippen molar-refractivity contribution in [3.8, 4) is 0 Å². The van der Waals surface area contributed by atoms with E-state index in [1.165, 1.54) is 30.6 Å². The third-order valence-corrected chi connectivity index (χ3v) is 8.22. The van der Waals surface area contributed by atoms with Crippen molar-refractivity contribution in [3.63, 3.8) is 0 Å². The molecule has 5 aliphatic heterocycles. The highest BCUT2D eigenvalue weighted by Crippen LogP contribution is 2.65. The zero-order chi connectivity index (χ0) is 16.3. The van der Waals surface area contributed by atoms with Crippen molar-refractivity contribution in [2.24, 2.45) is 11.8 Å². The van der Waals surface area contributed by atoms with E-state index in [-0.39, 0.29) is 22.9 Å². The van der Waals surface area contributed by atoms with E-state index in [0.717, 1.165) is 6.54 Å². The van der Waals surface area contributed by atoms with Crippen molar-refractivity contribution < 1.29 is 15.0 Å². The van der Waals surface area contributed by atoms with Crippen molar-refractivity contribution in [2.45, 2.75) is 42.9 Å². The van der Waals surface area contributed by atoms with Crippen LogP contribution in [-0.4, -0.2) is 54.2 Å². The minimum atomic E-state index is 0. The summed E-state index contributed by atoms with van der Waals surface area (Å²) in [4.78, 5) is 18.1. The fraction of sp³-hybridized carbons (Fsp3) is 0.571. The van der Waals surface area contributed by atoms with Crippen molar-refractivity contribution in [1.29, 1.82) is 0 Å². The van der Waals surface area contributed by atoms with Crippen LogP contribution in [0.15, 0.2) is 35.9 Å². The molecule has 0 aromatic heterocycles. The Bertz CT molecular complexity index is 851. The second kappa shape index (κ2) is 4.77. The van der Waals surface area contributed by atoms with Gasteiger partial charge in [-0.05, 0) is 36.9 Å². The Labute approximate surface area is 152 Å². The lowest BCUT2D eigenvalue weighted by molar-refractivity contribution is -0.132. The van der Waals surface area contributed by atoms with Gasteiger partial charge in [0.2, 0.25) is 5.91 Å². The van der Waals surface area contributed by atoms with Gasteiger partial charge in [0, 0.05) is 29.6 Å². The number of ether oxygens (including phenoxy) is 1. The molecule has 5 heteroatoms. The fourth-order valence-corrected chi connectivity index (χ4v) is 7.51. The van der Waals surface area contributed by atoms with Gasteiger partial charge in [0.25, 0.3) is 0 Å². The van der Waals surface area contributed by atoms with E-state index in [9.17, 15) is 4.79 Å². The van der Waals surface area contributed by atoms with E-state index >= 15 is 0 Å². The maximum atomic E-state index is 13.2. The van der Waals surface area contributed by atoms with Crippen LogP contribution in [0.4, 0.5) is 5.69 Å². The van der Waals surface area contributed by atoms with E-state index in [4.69, 9.17) is 4.74 Å². The molecule has 26 heavy (non-hydrogen) atoms. The third-order valence-electron chi connectivity index (χ3n) is 8.22. The Morgan fingerprint density at radius 2 is 2.12 bits per heavy atom. The van der Waals surface area contributed by atoms with Gasteiger partial charge in [-0.2, -0.15) is 0 Å². The van der Waals surface area contributed by atoms with Crippen LogP contribution in [0.3, 0.4) is 0 Å². The number of hydrogen-bond donors (Lipinski definition) is 0. The zero-order valence-corrected chi connectivity index (χ0v) is 14.7. The van der Waals surface area contributed by atoms with Gasteiger partial charge in [0.05, 0.1) is 25.2 Å². The van der Waals surface area contributed by atoms with Crippen LogP contribution in [0.25, 0.3) is 0 Å². The topological polar surface area (TPSA) is 64.3 Å². The molecule has 3 saturated heterocycles. The van der Waals surface area contributed by atoms with Crippen LogP contribution < -0.4 is 4.90 Å². The number of piperidine rings is 2. The molecule has 0 radical (unpaired) electrons. The highest BCUT2D eigenvalue weighted by atomic mass is 16.5. The van der Waals surface area contributed by atoms with Crippen molar-refractivity contribution in [2.75, 3.05) is 24.6 Å². The molecule has 4 fully saturated rings. The number of hydrogen-bond acceptors (Lipinski definition) is 3. The van der Waals surface area contributed by atoms with Crippen molar-refractivity contribution in [3.05, 3.63) is 41.5 Å². The largest absolute Gasteiger partial charge is 0.412 e. The first-order valence-corrected chi connectivity index (χ1v) is 9.75. The van der Waals surface area contributed by atoms with Crippen LogP contribution in [0, 0.1) is 11.8 Å². The van der Waals surface area contributed by atoms with E-state index in [0.29, 0.717) is 36.9 Å². The van der Waals surface area contributed by atoms with Gasteiger partial charge in [0.15, 0.2) is 0 Å². The number of nitrogens with zero attached hydrogens (tertiary/aromatic N) is 2. The molecule has 5 nitrogen and oxygen atoms in total. The zero-order valence-electron chi connectivity index (χ0n) is 14.7. The summed E-state index contributed by atoms with van der Waals surface area (Å²) in [5, 5.41) is 0. The third kappa shape index (κ3) is 1.46. The molecule has 136 valence electrons. The number of rotatable bonds is 0. The summed E-state index contributed by atoms with van der Waals surface area (Å²) >= 11 is 0. The molecular weight excluding hydrogens is 328 g/mol. The number of carbonyl (C=O) groups is 1. The van der Waals surface area contributed by atoms with E-state index in [2.05, 4.69) is 40.1 Å². The van der Waals surface area contributed by atoms with Crippen molar-refractivity contribution >= 4 is 11.6 Å². The predicted octanol–water partition coefficient (Wildman–Crippen LogP) is 1.27. The number of carbonyl (C=O) groups excluding carboxylic acids is 1. The minimum Gasteiger partial charge on any atom is -0.412 e. The van der Waals surface area contributed by atoms with Crippen LogP contribution in [0.1, 0.15) is 24.8 Å². The molecule has 6 atom stereocenters. The number of benzene rings is 1. The first kappa shape index (κ1) is 15.4. The Balaban J connectivity index is 0.00000137. The fourth-order valence-electron chi connectivity index (χ4n) is 7.51. The van der Waals surface area contributed by atoms with Crippen LogP contribution in [-0.2, 0) is 14.9 Å². The standard InChI is InChI=1S/C21H22N2O2.H2O/c24-18-10-16-19-13-9-17-21(6-7-22(17)11-12(13)5-8-25-16)14-3-1-2-4-15(14)23(18)20(19)21;/h1-5,13,16-17,19-20H,6-11H2;1H2/t13-,16-,17-,19-,20-,21+;/m0./s1. The quantitative estimate of drug-likeness (QED) is 0.661. The molecule has 2 N–H and O–H groups in total. The van der Waals surface area contributed by atoms with Crippen LogP contribution >= 0.6 is 0 Å². The van der Waals surface area contributed by atoms with Crippen LogP contribution in [0.2, 0.25) is 0 Å². The summed E-state index contributed by atoms with van der Waals surface area (Å²) in [6.45, 7) is 2.97. The number of para-hydroxylation sites is 1. The van der Waals surface area contributed by atoms with Gasteiger partial charge in [-0.3, -0.25) is 9.69 Å². The molecule has 1 saturated carbocycles. The lowest BCUT2D eigenvalue weighted by atomic mass is 9.53. The molecule has 1 aliphatic carbocycles. The molecule has 1 aromatic rings. The number of fused-ring (bicyclic) bond motifs is 2. The Morgan fingerprint density at radius 3 is 3.04 bits per heavy atom. The first-order valence-electron chi connectivity index (χ1n) is 9.75. The van der Waals surface area contributed by atoms with E-state index < -0.39 is 0 Å². The Morgan fingerprint density at radius 1 is 1.23 bits per heavy atom.